The number of benzene rings is 2. The molecular formula is C14H13N4Na. The molecule has 2 aromatic carbocycles. The molecule has 0 atom stereocenters. The molecule has 5 heteroatoms. The Morgan fingerprint density at radius 3 is 1.53 bits per heavy atom. The minimum Gasteiger partial charge on any atom is -1.00 e. The van der Waals surface area contributed by atoms with E-state index in [1.54, 1.807) is 12.7 Å². The normalized spacial score (nSPS) is 9.68. The van der Waals surface area contributed by atoms with E-state index in [4.69, 9.17) is 0 Å². The smallest absolute Gasteiger partial charge is 1.00 e. The van der Waals surface area contributed by atoms with Crippen LogP contribution in [-0.4, -0.2) is 19.9 Å². The molecular weight excluding hydrogens is 247 g/mol. The van der Waals surface area contributed by atoms with Crippen LogP contribution >= 0.6 is 0 Å². The molecule has 0 saturated carbocycles. The maximum atomic E-state index is 4.06. The second kappa shape index (κ2) is 6.52. The molecule has 2 heterocycles. The summed E-state index contributed by atoms with van der Waals surface area (Å²) in [7, 11) is 0. The van der Waals surface area contributed by atoms with Crippen molar-refractivity contribution in [1.29, 1.82) is 0 Å². The Hall–Kier alpha value is -1.62. The number of aromatic amines is 2. The Balaban J connectivity index is 0.000000182. The van der Waals surface area contributed by atoms with Crippen molar-refractivity contribution >= 4 is 22.1 Å². The monoisotopic (exact) mass is 260 g/mol. The van der Waals surface area contributed by atoms with Gasteiger partial charge >= 0.3 is 29.6 Å². The molecule has 4 aromatic rings. The van der Waals surface area contributed by atoms with Gasteiger partial charge in [0.2, 0.25) is 0 Å². The van der Waals surface area contributed by atoms with Gasteiger partial charge in [-0.15, -0.1) is 0 Å². The van der Waals surface area contributed by atoms with Crippen molar-refractivity contribution in [3.05, 3.63) is 61.2 Å². The van der Waals surface area contributed by atoms with Crippen molar-refractivity contribution in [2.24, 2.45) is 0 Å². The predicted octanol–water partition coefficient (Wildman–Crippen LogP) is 0.242. The molecule has 0 unspecified atom stereocenters. The van der Waals surface area contributed by atoms with Crippen LogP contribution in [0.1, 0.15) is 1.43 Å². The molecule has 0 aliphatic rings. The van der Waals surface area contributed by atoms with Crippen molar-refractivity contribution in [2.75, 3.05) is 0 Å². The summed E-state index contributed by atoms with van der Waals surface area (Å²) < 4.78 is 0. The summed E-state index contributed by atoms with van der Waals surface area (Å²) in [6.07, 6.45) is 3.40. The van der Waals surface area contributed by atoms with E-state index in [9.17, 15) is 0 Å². The molecule has 2 aromatic heterocycles. The van der Waals surface area contributed by atoms with Gasteiger partial charge in [0.25, 0.3) is 0 Å². The van der Waals surface area contributed by atoms with E-state index in [1.165, 1.54) is 0 Å². The zero-order valence-corrected chi connectivity index (χ0v) is 12.7. The van der Waals surface area contributed by atoms with Crippen LogP contribution in [-0.2, 0) is 0 Å². The number of rotatable bonds is 0. The molecule has 2 N–H and O–H groups in total. The van der Waals surface area contributed by atoms with Gasteiger partial charge in [0, 0.05) is 0 Å². The van der Waals surface area contributed by atoms with Gasteiger partial charge < -0.3 is 11.4 Å². The Labute approximate surface area is 134 Å². The number of hydrogen-bond donors (Lipinski definition) is 2. The number of aromatic nitrogens is 4. The van der Waals surface area contributed by atoms with E-state index in [0.29, 0.717) is 0 Å². The van der Waals surface area contributed by atoms with Gasteiger partial charge in [0.05, 0.1) is 34.7 Å². The SMILES string of the molecule is [H-].[Na+].c1ccc2[nH]cnc2c1.c1ccc2[nH]cnc2c1. The van der Waals surface area contributed by atoms with Gasteiger partial charge in [0.15, 0.2) is 0 Å². The van der Waals surface area contributed by atoms with Gasteiger partial charge in [-0.05, 0) is 24.3 Å². The van der Waals surface area contributed by atoms with E-state index in [1.807, 2.05) is 48.5 Å². The fraction of sp³-hybridized carbons (Fsp3) is 0. The maximum Gasteiger partial charge on any atom is 1.00 e. The number of hydrogen-bond acceptors (Lipinski definition) is 2. The fourth-order valence-electron chi connectivity index (χ4n) is 1.76. The van der Waals surface area contributed by atoms with Crippen molar-refractivity contribution < 1.29 is 31.0 Å². The van der Waals surface area contributed by atoms with Crippen LogP contribution in [0.25, 0.3) is 22.1 Å². The zero-order chi connectivity index (χ0) is 12.2. The molecule has 0 fully saturated rings. The van der Waals surface area contributed by atoms with Gasteiger partial charge in [-0.1, -0.05) is 24.3 Å². The molecule has 19 heavy (non-hydrogen) atoms. The van der Waals surface area contributed by atoms with Gasteiger partial charge in [0.1, 0.15) is 0 Å². The van der Waals surface area contributed by atoms with E-state index < -0.39 is 0 Å². The Kier molecular flexibility index (Phi) is 4.74. The molecule has 0 bridgehead atoms. The first-order valence-corrected chi connectivity index (χ1v) is 5.70. The third-order valence-electron chi connectivity index (χ3n) is 2.66. The van der Waals surface area contributed by atoms with Crippen LogP contribution in [0.4, 0.5) is 0 Å². The van der Waals surface area contributed by atoms with Crippen LogP contribution < -0.4 is 29.6 Å². The average Bonchev–Trinajstić information content (AvgIpc) is 3.08. The summed E-state index contributed by atoms with van der Waals surface area (Å²) in [4.78, 5) is 14.1. The second-order valence-corrected chi connectivity index (χ2v) is 3.84. The van der Waals surface area contributed by atoms with E-state index >= 15 is 0 Å². The number of nitrogens with zero attached hydrogens (tertiary/aromatic N) is 2. The molecule has 4 rings (SSSR count). The Morgan fingerprint density at radius 1 is 0.684 bits per heavy atom. The largest absolute Gasteiger partial charge is 1.00 e. The maximum absolute atomic E-state index is 4.06. The van der Waals surface area contributed by atoms with E-state index in [0.717, 1.165) is 22.1 Å². The predicted molar refractivity (Wildman–Crippen MR) is 73.3 cm³/mol. The van der Waals surface area contributed by atoms with Crippen LogP contribution in [0.3, 0.4) is 0 Å². The third-order valence-corrected chi connectivity index (χ3v) is 2.66. The van der Waals surface area contributed by atoms with Crippen molar-refractivity contribution in [1.82, 2.24) is 19.9 Å². The Bertz CT molecular complexity index is 639. The van der Waals surface area contributed by atoms with Crippen molar-refractivity contribution in [2.45, 2.75) is 0 Å². The molecule has 0 aliphatic heterocycles. The number of fused-ring (bicyclic) bond motifs is 2. The van der Waals surface area contributed by atoms with Crippen molar-refractivity contribution in [3.63, 3.8) is 0 Å². The quantitative estimate of drug-likeness (QED) is 0.445. The van der Waals surface area contributed by atoms with E-state index in [2.05, 4.69) is 19.9 Å². The summed E-state index contributed by atoms with van der Waals surface area (Å²) >= 11 is 0. The van der Waals surface area contributed by atoms with Gasteiger partial charge in [-0.2, -0.15) is 0 Å². The molecule has 0 saturated heterocycles. The first-order chi connectivity index (χ1) is 8.93. The topological polar surface area (TPSA) is 57.4 Å². The summed E-state index contributed by atoms with van der Waals surface area (Å²) in [5.74, 6) is 0. The second-order valence-electron chi connectivity index (χ2n) is 3.84. The fourth-order valence-corrected chi connectivity index (χ4v) is 1.76. The van der Waals surface area contributed by atoms with Crippen LogP contribution in [0.5, 0.6) is 0 Å². The number of imidazole rings is 2. The standard InChI is InChI=1S/2C7H6N2.Na.H/c2*1-2-4-7-6(3-1)8-5-9-7;;/h2*1-5H,(H,8,9);;/q;;+1;-1. The summed E-state index contributed by atoms with van der Waals surface area (Å²) in [5.41, 5.74) is 4.24. The molecule has 0 amide bonds. The minimum atomic E-state index is 0. The van der Waals surface area contributed by atoms with Crippen LogP contribution in [0, 0.1) is 0 Å². The molecule has 90 valence electrons. The van der Waals surface area contributed by atoms with Crippen LogP contribution in [0.15, 0.2) is 61.2 Å². The third kappa shape index (κ3) is 3.23. The molecule has 0 radical (unpaired) electrons. The first-order valence-electron chi connectivity index (χ1n) is 5.70. The van der Waals surface area contributed by atoms with Crippen LogP contribution in [0.2, 0.25) is 0 Å². The van der Waals surface area contributed by atoms with Gasteiger partial charge in [-0.25, -0.2) is 9.97 Å². The molecule has 0 aliphatic carbocycles. The number of para-hydroxylation sites is 4. The summed E-state index contributed by atoms with van der Waals surface area (Å²) in [6, 6.07) is 15.9. The summed E-state index contributed by atoms with van der Waals surface area (Å²) in [6.45, 7) is 0. The van der Waals surface area contributed by atoms with E-state index in [-0.39, 0.29) is 31.0 Å². The van der Waals surface area contributed by atoms with Gasteiger partial charge in [-0.3, -0.25) is 0 Å². The molecule has 0 spiro atoms. The average molecular weight is 260 g/mol. The zero-order valence-electron chi connectivity index (χ0n) is 11.7. The van der Waals surface area contributed by atoms with Crippen molar-refractivity contribution in [3.8, 4) is 0 Å². The number of H-pyrrole nitrogens is 2. The summed E-state index contributed by atoms with van der Waals surface area (Å²) in [5, 5.41) is 0. The Morgan fingerprint density at radius 2 is 1.11 bits per heavy atom. The molecule has 4 nitrogen and oxygen atoms in total. The first kappa shape index (κ1) is 13.8. The number of nitrogens with one attached hydrogen (secondary N) is 2. The minimum absolute atomic E-state index is 0.